The van der Waals surface area contributed by atoms with E-state index < -0.39 is 10.1 Å². The fourth-order valence-corrected chi connectivity index (χ4v) is 1.79. The van der Waals surface area contributed by atoms with Gasteiger partial charge >= 0.3 is 0 Å². The summed E-state index contributed by atoms with van der Waals surface area (Å²) in [5.41, 5.74) is 0. The summed E-state index contributed by atoms with van der Waals surface area (Å²) < 4.78 is 31.1. The van der Waals surface area contributed by atoms with Crippen molar-refractivity contribution in [2.75, 3.05) is 26.1 Å². The molecule has 0 rings (SSSR count). The second-order valence-electron chi connectivity index (χ2n) is 3.84. The molecule has 0 aliphatic heterocycles. The molecule has 16 heavy (non-hydrogen) atoms. The molecular formula is C11H24O4S. The third-order valence-electron chi connectivity index (χ3n) is 2.18. The molecule has 0 N–H and O–H groups in total. The Morgan fingerprint density at radius 2 is 1.38 bits per heavy atom. The van der Waals surface area contributed by atoms with Crippen LogP contribution in [-0.2, 0) is 19.0 Å². The van der Waals surface area contributed by atoms with Crippen molar-refractivity contribution < 1.29 is 17.3 Å². The smallest absolute Gasteiger partial charge is 0.264 e. The summed E-state index contributed by atoms with van der Waals surface area (Å²) in [6.45, 7) is 3.97. The predicted molar refractivity (Wildman–Crippen MR) is 65.0 cm³/mol. The van der Waals surface area contributed by atoms with E-state index in [1.807, 2.05) is 6.92 Å². The molecule has 0 heterocycles. The molecule has 0 saturated heterocycles. The summed E-state index contributed by atoms with van der Waals surface area (Å²) in [7, 11) is -3.25. The number of rotatable bonds is 11. The zero-order chi connectivity index (χ0) is 12.3. The summed E-state index contributed by atoms with van der Waals surface area (Å²) >= 11 is 0. The van der Waals surface area contributed by atoms with E-state index in [1.54, 1.807) is 0 Å². The Bertz CT molecular complexity index is 236. The minimum Gasteiger partial charge on any atom is -0.382 e. The van der Waals surface area contributed by atoms with E-state index in [0.717, 1.165) is 45.2 Å². The van der Waals surface area contributed by atoms with Crippen molar-refractivity contribution in [3.8, 4) is 0 Å². The summed E-state index contributed by atoms with van der Waals surface area (Å²) in [5, 5.41) is 0. The van der Waals surface area contributed by atoms with Crippen molar-refractivity contribution in [3.63, 3.8) is 0 Å². The van der Waals surface area contributed by atoms with Crippen LogP contribution in [0.25, 0.3) is 0 Å². The van der Waals surface area contributed by atoms with E-state index in [2.05, 4.69) is 4.18 Å². The molecule has 0 aromatic carbocycles. The van der Waals surface area contributed by atoms with Crippen LogP contribution < -0.4 is 0 Å². The number of hydrogen-bond acceptors (Lipinski definition) is 4. The van der Waals surface area contributed by atoms with E-state index in [4.69, 9.17) is 4.74 Å². The Labute approximate surface area is 99.5 Å². The highest BCUT2D eigenvalue weighted by Crippen LogP contribution is 2.06. The predicted octanol–water partition coefficient (Wildman–Crippen LogP) is 2.34. The lowest BCUT2D eigenvalue weighted by Gasteiger charge is -2.02. The van der Waals surface area contributed by atoms with Gasteiger partial charge in [0.1, 0.15) is 0 Å². The van der Waals surface area contributed by atoms with E-state index >= 15 is 0 Å². The molecule has 0 bridgehead atoms. The molecular weight excluding hydrogens is 228 g/mol. The first-order chi connectivity index (χ1) is 7.56. The highest BCUT2D eigenvalue weighted by atomic mass is 32.2. The van der Waals surface area contributed by atoms with Crippen LogP contribution in [0.1, 0.15) is 45.4 Å². The van der Waals surface area contributed by atoms with Crippen LogP contribution in [0.4, 0.5) is 0 Å². The fraction of sp³-hybridized carbons (Fsp3) is 1.00. The molecule has 0 amide bonds. The summed E-state index contributed by atoms with van der Waals surface area (Å²) in [4.78, 5) is 0. The number of ether oxygens (including phenoxy) is 1. The standard InChI is InChI=1S/C11H24O4S/c1-3-14-10-8-6-4-5-7-9-11-15-16(2,12)13/h3-11H2,1-2H3. The molecule has 0 unspecified atom stereocenters. The Hall–Kier alpha value is -0.130. The Kier molecular flexibility index (Phi) is 9.97. The van der Waals surface area contributed by atoms with Gasteiger partial charge in [0.25, 0.3) is 10.1 Å². The molecule has 0 atom stereocenters. The zero-order valence-electron chi connectivity index (χ0n) is 10.4. The first-order valence-electron chi connectivity index (χ1n) is 5.98. The third-order valence-corrected chi connectivity index (χ3v) is 2.78. The van der Waals surface area contributed by atoms with Gasteiger partial charge in [0.2, 0.25) is 0 Å². The number of hydrogen-bond donors (Lipinski definition) is 0. The second-order valence-corrected chi connectivity index (χ2v) is 5.49. The minimum absolute atomic E-state index is 0.317. The fourth-order valence-electron chi connectivity index (χ4n) is 1.37. The largest absolute Gasteiger partial charge is 0.382 e. The lowest BCUT2D eigenvalue weighted by atomic mass is 10.1. The van der Waals surface area contributed by atoms with Gasteiger partial charge in [-0.05, 0) is 19.8 Å². The Balaban J connectivity index is 3.05. The quantitative estimate of drug-likeness (QED) is 0.418. The van der Waals surface area contributed by atoms with Gasteiger partial charge in [-0.2, -0.15) is 8.42 Å². The molecule has 0 saturated carbocycles. The molecule has 0 spiro atoms. The van der Waals surface area contributed by atoms with E-state index in [-0.39, 0.29) is 0 Å². The SMILES string of the molecule is CCOCCCCCCCCOS(C)(=O)=O. The van der Waals surface area contributed by atoms with Crippen LogP contribution in [-0.4, -0.2) is 34.5 Å². The third kappa shape index (κ3) is 13.9. The molecule has 0 aromatic heterocycles. The lowest BCUT2D eigenvalue weighted by molar-refractivity contribution is 0.143. The molecule has 0 aliphatic carbocycles. The van der Waals surface area contributed by atoms with Crippen molar-refractivity contribution in [1.29, 1.82) is 0 Å². The zero-order valence-corrected chi connectivity index (χ0v) is 11.2. The van der Waals surface area contributed by atoms with Gasteiger partial charge in [0.05, 0.1) is 12.9 Å². The first-order valence-corrected chi connectivity index (χ1v) is 7.80. The van der Waals surface area contributed by atoms with Crippen molar-refractivity contribution in [2.45, 2.75) is 45.4 Å². The Morgan fingerprint density at radius 3 is 1.88 bits per heavy atom. The molecule has 0 radical (unpaired) electrons. The van der Waals surface area contributed by atoms with Crippen LogP contribution in [0.15, 0.2) is 0 Å². The molecule has 98 valence electrons. The van der Waals surface area contributed by atoms with E-state index in [1.165, 1.54) is 12.8 Å². The van der Waals surface area contributed by atoms with Crippen molar-refractivity contribution in [3.05, 3.63) is 0 Å². The first kappa shape index (κ1) is 15.9. The van der Waals surface area contributed by atoms with Crippen molar-refractivity contribution in [2.24, 2.45) is 0 Å². The van der Waals surface area contributed by atoms with Crippen molar-refractivity contribution in [1.82, 2.24) is 0 Å². The topological polar surface area (TPSA) is 52.6 Å². The highest BCUT2D eigenvalue weighted by molar-refractivity contribution is 7.85. The van der Waals surface area contributed by atoms with Crippen LogP contribution in [0.2, 0.25) is 0 Å². The van der Waals surface area contributed by atoms with Gasteiger partial charge in [-0.1, -0.05) is 25.7 Å². The maximum atomic E-state index is 10.6. The van der Waals surface area contributed by atoms with Gasteiger partial charge in [0, 0.05) is 13.2 Å². The Morgan fingerprint density at radius 1 is 0.875 bits per heavy atom. The van der Waals surface area contributed by atoms with Gasteiger partial charge in [-0.25, -0.2) is 0 Å². The van der Waals surface area contributed by atoms with E-state index in [0.29, 0.717) is 6.61 Å². The molecule has 5 heteroatoms. The van der Waals surface area contributed by atoms with Crippen LogP contribution in [0.3, 0.4) is 0 Å². The van der Waals surface area contributed by atoms with Crippen LogP contribution >= 0.6 is 0 Å². The number of unbranched alkanes of at least 4 members (excludes halogenated alkanes) is 5. The van der Waals surface area contributed by atoms with Crippen LogP contribution in [0, 0.1) is 0 Å². The van der Waals surface area contributed by atoms with Gasteiger partial charge in [-0.15, -0.1) is 0 Å². The van der Waals surface area contributed by atoms with Gasteiger partial charge in [-0.3, -0.25) is 4.18 Å². The molecule has 0 aliphatic rings. The summed E-state index contributed by atoms with van der Waals surface area (Å²) in [5.74, 6) is 0. The average molecular weight is 252 g/mol. The lowest BCUT2D eigenvalue weighted by Crippen LogP contribution is -2.03. The summed E-state index contributed by atoms with van der Waals surface area (Å²) in [6.07, 6.45) is 7.56. The molecule has 0 aromatic rings. The normalized spacial score (nSPS) is 11.9. The van der Waals surface area contributed by atoms with Gasteiger partial charge < -0.3 is 4.74 Å². The monoisotopic (exact) mass is 252 g/mol. The molecule has 0 fully saturated rings. The minimum atomic E-state index is -3.25. The average Bonchev–Trinajstić information content (AvgIpc) is 2.19. The van der Waals surface area contributed by atoms with Crippen molar-refractivity contribution >= 4 is 10.1 Å². The van der Waals surface area contributed by atoms with Gasteiger partial charge in [0.15, 0.2) is 0 Å². The maximum Gasteiger partial charge on any atom is 0.264 e. The van der Waals surface area contributed by atoms with E-state index in [9.17, 15) is 8.42 Å². The second kappa shape index (κ2) is 10.1. The highest BCUT2D eigenvalue weighted by Gasteiger charge is 2.00. The maximum absolute atomic E-state index is 10.6. The molecule has 4 nitrogen and oxygen atoms in total. The van der Waals surface area contributed by atoms with Crippen LogP contribution in [0.5, 0.6) is 0 Å². The summed E-state index contributed by atoms with van der Waals surface area (Å²) in [6, 6.07) is 0.